The average molecular weight is 325 g/mol. The van der Waals surface area contributed by atoms with Crippen LogP contribution < -0.4 is 4.74 Å². The molecule has 0 saturated heterocycles. The maximum Gasteiger partial charge on any atom is 0.226 e. The molecule has 0 aliphatic rings. The van der Waals surface area contributed by atoms with Gasteiger partial charge in [0.05, 0.1) is 5.56 Å². The normalized spacial score (nSPS) is 10.5. The summed E-state index contributed by atoms with van der Waals surface area (Å²) in [5.41, 5.74) is 0.522. The highest BCUT2D eigenvalue weighted by Crippen LogP contribution is 2.24. The Morgan fingerprint density at radius 2 is 2.26 bits per heavy atom. The highest BCUT2D eigenvalue weighted by Gasteiger charge is 2.11. The molecule has 0 unspecified atom stereocenters. The van der Waals surface area contributed by atoms with Crippen LogP contribution in [0.4, 0.5) is 0 Å². The molecule has 0 spiro atoms. The monoisotopic (exact) mass is 324 g/mol. The van der Waals surface area contributed by atoms with Crippen LogP contribution in [0.25, 0.3) is 0 Å². The second-order valence-corrected chi connectivity index (χ2v) is 4.86. The average Bonchev–Trinajstić information content (AvgIpc) is 2.85. The van der Waals surface area contributed by atoms with Gasteiger partial charge in [-0.15, -0.1) is 0 Å². The Balaban J connectivity index is 2.12. The van der Waals surface area contributed by atoms with Gasteiger partial charge in [0.2, 0.25) is 11.7 Å². The topological polar surface area (TPSA) is 65.2 Å². The Labute approximate surface area is 119 Å². The van der Waals surface area contributed by atoms with E-state index >= 15 is 0 Å². The Hall–Kier alpha value is -1.69. The molecular formula is C13H13BrN2O3. The summed E-state index contributed by atoms with van der Waals surface area (Å²) in [7, 11) is 0. The van der Waals surface area contributed by atoms with Crippen LogP contribution in [0.15, 0.2) is 27.2 Å². The van der Waals surface area contributed by atoms with E-state index in [1.165, 1.54) is 6.92 Å². The van der Waals surface area contributed by atoms with E-state index in [1.807, 2.05) is 13.0 Å². The second kappa shape index (κ2) is 5.97. The number of hydrogen-bond acceptors (Lipinski definition) is 5. The Morgan fingerprint density at radius 3 is 2.89 bits per heavy atom. The van der Waals surface area contributed by atoms with Crippen LogP contribution in [-0.4, -0.2) is 15.9 Å². The molecule has 0 saturated carbocycles. The van der Waals surface area contributed by atoms with Crippen LogP contribution in [0, 0.1) is 0 Å². The van der Waals surface area contributed by atoms with Crippen molar-refractivity contribution in [1.82, 2.24) is 10.1 Å². The number of ether oxygens (including phenoxy) is 1. The van der Waals surface area contributed by atoms with Crippen LogP contribution in [0.2, 0.25) is 0 Å². The molecule has 0 radical (unpaired) electrons. The molecule has 19 heavy (non-hydrogen) atoms. The predicted molar refractivity (Wildman–Crippen MR) is 72.2 cm³/mol. The number of benzene rings is 1. The van der Waals surface area contributed by atoms with Gasteiger partial charge >= 0.3 is 0 Å². The van der Waals surface area contributed by atoms with Crippen molar-refractivity contribution in [2.24, 2.45) is 0 Å². The summed E-state index contributed by atoms with van der Waals surface area (Å²) in [5, 5.41) is 3.79. The van der Waals surface area contributed by atoms with E-state index < -0.39 is 0 Å². The third-order valence-corrected chi connectivity index (χ3v) is 2.98. The number of Topliss-reactive ketones (excluding diaryl/α,β-unsaturated/α-hetero) is 1. The van der Waals surface area contributed by atoms with Crippen molar-refractivity contribution >= 4 is 21.7 Å². The Bertz CT molecular complexity index is 595. The summed E-state index contributed by atoms with van der Waals surface area (Å²) in [5.74, 6) is 1.49. The lowest BCUT2D eigenvalue weighted by Gasteiger charge is -2.08. The molecule has 0 atom stereocenters. The van der Waals surface area contributed by atoms with Gasteiger partial charge in [0.25, 0.3) is 0 Å². The minimum Gasteiger partial charge on any atom is -0.485 e. The summed E-state index contributed by atoms with van der Waals surface area (Å²) in [4.78, 5) is 15.7. The predicted octanol–water partition coefficient (Wildman–Crippen LogP) is 3.18. The van der Waals surface area contributed by atoms with Crippen molar-refractivity contribution in [3.63, 3.8) is 0 Å². The molecular weight excluding hydrogens is 312 g/mol. The zero-order chi connectivity index (χ0) is 13.8. The minimum atomic E-state index is -0.0568. The van der Waals surface area contributed by atoms with Gasteiger partial charge in [0.1, 0.15) is 5.75 Å². The highest BCUT2D eigenvalue weighted by molar-refractivity contribution is 9.10. The van der Waals surface area contributed by atoms with Gasteiger partial charge in [-0.25, -0.2) is 0 Å². The van der Waals surface area contributed by atoms with Gasteiger partial charge in [-0.1, -0.05) is 28.0 Å². The molecule has 1 aromatic carbocycles. The van der Waals surface area contributed by atoms with Gasteiger partial charge in [-0.2, -0.15) is 4.98 Å². The number of nitrogens with zero attached hydrogens (tertiary/aromatic N) is 2. The molecule has 0 aliphatic carbocycles. The summed E-state index contributed by atoms with van der Waals surface area (Å²) in [6.45, 7) is 3.60. The quantitative estimate of drug-likeness (QED) is 0.790. The number of carbonyl (C=O) groups is 1. The number of hydrogen-bond donors (Lipinski definition) is 0. The van der Waals surface area contributed by atoms with E-state index in [4.69, 9.17) is 9.26 Å². The summed E-state index contributed by atoms with van der Waals surface area (Å²) in [6.07, 6.45) is 0.685. The zero-order valence-electron chi connectivity index (χ0n) is 10.6. The van der Waals surface area contributed by atoms with Gasteiger partial charge in [-0.05, 0) is 25.1 Å². The molecule has 6 heteroatoms. The van der Waals surface area contributed by atoms with Gasteiger partial charge < -0.3 is 9.26 Å². The second-order valence-electron chi connectivity index (χ2n) is 3.94. The SMILES string of the molecule is CCc1nc(COc2ccc(Br)cc2C(C)=O)no1. The maximum absolute atomic E-state index is 11.5. The Morgan fingerprint density at radius 1 is 1.47 bits per heavy atom. The van der Waals surface area contributed by atoms with E-state index in [0.717, 1.165) is 4.47 Å². The fourth-order valence-electron chi connectivity index (χ4n) is 1.54. The van der Waals surface area contributed by atoms with Crippen molar-refractivity contribution in [3.05, 3.63) is 40.0 Å². The molecule has 1 aromatic heterocycles. The molecule has 1 heterocycles. The first kappa shape index (κ1) is 13.7. The largest absolute Gasteiger partial charge is 0.485 e. The number of ketones is 1. The van der Waals surface area contributed by atoms with Gasteiger partial charge in [-0.3, -0.25) is 4.79 Å². The van der Waals surface area contributed by atoms with Crippen molar-refractivity contribution in [1.29, 1.82) is 0 Å². The van der Waals surface area contributed by atoms with E-state index in [1.54, 1.807) is 12.1 Å². The summed E-state index contributed by atoms with van der Waals surface area (Å²) >= 11 is 3.33. The fourth-order valence-corrected chi connectivity index (χ4v) is 1.90. The molecule has 0 fully saturated rings. The van der Waals surface area contributed by atoms with E-state index in [0.29, 0.717) is 29.4 Å². The van der Waals surface area contributed by atoms with E-state index in [9.17, 15) is 4.79 Å². The number of aryl methyl sites for hydroxylation is 1. The maximum atomic E-state index is 11.5. The molecule has 0 N–H and O–H groups in total. The first-order valence-electron chi connectivity index (χ1n) is 5.85. The summed E-state index contributed by atoms with van der Waals surface area (Å²) in [6, 6.07) is 5.28. The van der Waals surface area contributed by atoms with Gasteiger partial charge in [0, 0.05) is 10.9 Å². The van der Waals surface area contributed by atoms with Crippen molar-refractivity contribution in [3.8, 4) is 5.75 Å². The molecule has 0 aliphatic heterocycles. The van der Waals surface area contributed by atoms with E-state index in [2.05, 4.69) is 26.1 Å². The number of carbonyl (C=O) groups excluding carboxylic acids is 1. The first-order chi connectivity index (χ1) is 9.10. The molecule has 5 nitrogen and oxygen atoms in total. The minimum absolute atomic E-state index is 0.0568. The van der Waals surface area contributed by atoms with Gasteiger partial charge in [0.15, 0.2) is 12.4 Å². The smallest absolute Gasteiger partial charge is 0.226 e. The van der Waals surface area contributed by atoms with Crippen LogP contribution >= 0.6 is 15.9 Å². The molecule has 0 bridgehead atoms. The van der Waals surface area contributed by atoms with Crippen LogP contribution in [0.3, 0.4) is 0 Å². The lowest BCUT2D eigenvalue weighted by Crippen LogP contribution is -2.03. The molecule has 0 amide bonds. The fraction of sp³-hybridized carbons (Fsp3) is 0.308. The van der Waals surface area contributed by atoms with Crippen molar-refractivity contribution in [2.45, 2.75) is 26.9 Å². The molecule has 100 valence electrons. The Kier molecular flexibility index (Phi) is 4.31. The lowest BCUT2D eigenvalue weighted by atomic mass is 10.1. The van der Waals surface area contributed by atoms with Crippen molar-refractivity contribution in [2.75, 3.05) is 0 Å². The first-order valence-corrected chi connectivity index (χ1v) is 6.64. The number of rotatable bonds is 5. The standard InChI is InChI=1S/C13H13BrN2O3/c1-3-13-15-12(16-19-13)7-18-11-5-4-9(14)6-10(11)8(2)17/h4-6H,3,7H2,1-2H3. The zero-order valence-corrected chi connectivity index (χ0v) is 12.2. The molecule has 2 rings (SSSR count). The van der Waals surface area contributed by atoms with Crippen LogP contribution in [0.5, 0.6) is 5.75 Å². The third-order valence-electron chi connectivity index (χ3n) is 2.49. The third kappa shape index (κ3) is 3.41. The van der Waals surface area contributed by atoms with E-state index in [-0.39, 0.29) is 12.4 Å². The van der Waals surface area contributed by atoms with Crippen LogP contribution in [-0.2, 0) is 13.0 Å². The number of aromatic nitrogens is 2. The summed E-state index contributed by atoms with van der Waals surface area (Å²) < 4.78 is 11.4. The van der Waals surface area contributed by atoms with Crippen LogP contribution in [0.1, 0.15) is 35.9 Å². The lowest BCUT2D eigenvalue weighted by molar-refractivity contribution is 0.101. The van der Waals surface area contributed by atoms with Crippen molar-refractivity contribution < 1.29 is 14.1 Å². The number of halogens is 1. The molecule has 2 aromatic rings. The highest BCUT2D eigenvalue weighted by atomic mass is 79.9.